The van der Waals surface area contributed by atoms with E-state index in [0.29, 0.717) is 17.4 Å². The SMILES string of the molecule is CC(C)c1ccc(CCBr)cc1.CC(C)c1ccc(CCN2CC=C(c3cccc(C(F)(F)F)c3)CC2)cc1.Cl. The van der Waals surface area contributed by atoms with Crippen LogP contribution in [0.1, 0.15) is 79.3 Å². The highest BCUT2D eigenvalue weighted by molar-refractivity contribution is 9.09. The lowest BCUT2D eigenvalue weighted by molar-refractivity contribution is -0.137. The van der Waals surface area contributed by atoms with Gasteiger partial charge in [0.05, 0.1) is 5.56 Å². The summed E-state index contributed by atoms with van der Waals surface area (Å²) in [5, 5.41) is 1.05. The molecule has 0 aromatic heterocycles. The first-order valence-electron chi connectivity index (χ1n) is 13.9. The smallest absolute Gasteiger partial charge is 0.299 e. The molecule has 0 saturated heterocycles. The first-order valence-corrected chi connectivity index (χ1v) is 15.0. The lowest BCUT2D eigenvalue weighted by Crippen LogP contribution is -2.30. The van der Waals surface area contributed by atoms with E-state index in [2.05, 4.69) is 103 Å². The number of aryl methyl sites for hydroxylation is 1. The van der Waals surface area contributed by atoms with Gasteiger partial charge in [-0.3, -0.25) is 4.90 Å². The van der Waals surface area contributed by atoms with Crippen LogP contribution in [0.3, 0.4) is 0 Å². The second-order valence-corrected chi connectivity index (χ2v) is 11.6. The standard InChI is InChI=1S/C23H26F3N.C11H15Br.ClH/c1-17(2)19-8-6-18(7-9-19)10-13-27-14-11-20(12-15-27)21-4-3-5-22(16-21)23(24,25)26;1-9(2)11-5-3-10(4-6-11)7-8-12;/h3-9,11,16-17H,10,12-15H2,1-2H3;3-6,9H,7-8H2,1-2H3;1H. The number of hydrogen-bond acceptors (Lipinski definition) is 1. The molecule has 0 fully saturated rings. The summed E-state index contributed by atoms with van der Waals surface area (Å²) in [5.41, 5.74) is 6.64. The van der Waals surface area contributed by atoms with Crippen LogP contribution in [0.2, 0.25) is 0 Å². The summed E-state index contributed by atoms with van der Waals surface area (Å²) in [6.45, 7) is 11.5. The summed E-state index contributed by atoms with van der Waals surface area (Å²) >= 11 is 3.43. The van der Waals surface area contributed by atoms with E-state index < -0.39 is 11.7 Å². The van der Waals surface area contributed by atoms with Gasteiger partial charge in [-0.15, -0.1) is 12.4 Å². The Kier molecular flexibility index (Phi) is 14.0. The Morgan fingerprint density at radius 2 is 1.35 bits per heavy atom. The molecule has 0 spiro atoms. The second-order valence-electron chi connectivity index (χ2n) is 10.8. The minimum absolute atomic E-state index is 0. The summed E-state index contributed by atoms with van der Waals surface area (Å²) in [6.07, 6.45) is 0.681. The maximum atomic E-state index is 12.9. The van der Waals surface area contributed by atoms with Crippen LogP contribution in [0.25, 0.3) is 5.57 Å². The highest BCUT2D eigenvalue weighted by atomic mass is 79.9. The first kappa shape index (κ1) is 34.1. The minimum Gasteiger partial charge on any atom is -0.299 e. The van der Waals surface area contributed by atoms with E-state index in [1.54, 1.807) is 6.07 Å². The number of hydrogen-bond donors (Lipinski definition) is 0. The van der Waals surface area contributed by atoms with E-state index in [-0.39, 0.29) is 12.4 Å². The molecule has 218 valence electrons. The Morgan fingerprint density at radius 1 is 0.800 bits per heavy atom. The number of benzene rings is 3. The number of rotatable bonds is 8. The van der Waals surface area contributed by atoms with E-state index >= 15 is 0 Å². The molecule has 0 atom stereocenters. The maximum Gasteiger partial charge on any atom is 0.416 e. The topological polar surface area (TPSA) is 3.24 Å². The van der Waals surface area contributed by atoms with Crippen molar-refractivity contribution in [1.82, 2.24) is 4.90 Å². The lowest BCUT2D eigenvalue weighted by Gasteiger charge is -2.26. The summed E-state index contributed by atoms with van der Waals surface area (Å²) in [6, 6.07) is 23.3. The quantitative estimate of drug-likeness (QED) is 0.222. The highest BCUT2D eigenvalue weighted by Gasteiger charge is 2.30. The van der Waals surface area contributed by atoms with Crippen molar-refractivity contribution in [2.24, 2.45) is 0 Å². The number of halogens is 5. The van der Waals surface area contributed by atoms with Gasteiger partial charge in [0.15, 0.2) is 0 Å². The van der Waals surface area contributed by atoms with Crippen LogP contribution < -0.4 is 0 Å². The predicted molar refractivity (Wildman–Crippen MR) is 170 cm³/mol. The highest BCUT2D eigenvalue weighted by Crippen LogP contribution is 2.32. The van der Waals surface area contributed by atoms with Crippen LogP contribution in [-0.4, -0.2) is 29.9 Å². The van der Waals surface area contributed by atoms with Gasteiger partial charge in [-0.05, 0) is 76.6 Å². The Labute approximate surface area is 253 Å². The van der Waals surface area contributed by atoms with Crippen LogP contribution in [0.5, 0.6) is 0 Å². The van der Waals surface area contributed by atoms with Gasteiger partial charge in [0.1, 0.15) is 0 Å². The molecule has 40 heavy (non-hydrogen) atoms. The summed E-state index contributed by atoms with van der Waals surface area (Å²) < 4.78 is 38.7. The van der Waals surface area contributed by atoms with E-state index in [1.165, 1.54) is 34.4 Å². The van der Waals surface area contributed by atoms with Crippen LogP contribution in [-0.2, 0) is 19.0 Å². The molecule has 0 radical (unpaired) electrons. The monoisotopic (exact) mass is 635 g/mol. The third-order valence-electron chi connectivity index (χ3n) is 7.25. The van der Waals surface area contributed by atoms with E-state index in [9.17, 15) is 13.2 Å². The normalized spacial score (nSPS) is 13.9. The molecule has 0 unspecified atom stereocenters. The number of nitrogens with zero attached hydrogens (tertiary/aromatic N) is 1. The second kappa shape index (κ2) is 16.4. The molecule has 6 heteroatoms. The molecular formula is C34H42BrClF3N. The van der Waals surface area contributed by atoms with Crippen LogP contribution in [0.15, 0.2) is 78.9 Å². The zero-order valence-electron chi connectivity index (χ0n) is 24.0. The van der Waals surface area contributed by atoms with Crippen LogP contribution in [0, 0.1) is 0 Å². The Bertz CT molecular complexity index is 1190. The molecule has 1 heterocycles. The molecule has 0 N–H and O–H groups in total. The molecule has 0 saturated carbocycles. The summed E-state index contributed by atoms with van der Waals surface area (Å²) in [7, 11) is 0. The van der Waals surface area contributed by atoms with E-state index in [4.69, 9.17) is 0 Å². The Balaban J connectivity index is 0.000000363. The van der Waals surface area contributed by atoms with Crippen LogP contribution >= 0.6 is 28.3 Å². The van der Waals surface area contributed by atoms with Crippen molar-refractivity contribution < 1.29 is 13.2 Å². The minimum atomic E-state index is -4.29. The van der Waals surface area contributed by atoms with Crippen molar-refractivity contribution in [2.75, 3.05) is 25.0 Å². The molecule has 1 aliphatic rings. The average Bonchev–Trinajstić information content (AvgIpc) is 2.93. The lowest BCUT2D eigenvalue weighted by atomic mass is 9.97. The number of alkyl halides is 4. The first-order chi connectivity index (χ1) is 18.6. The fourth-order valence-electron chi connectivity index (χ4n) is 4.61. The van der Waals surface area contributed by atoms with Crippen molar-refractivity contribution in [3.8, 4) is 0 Å². The zero-order chi connectivity index (χ0) is 28.4. The molecule has 0 bridgehead atoms. The summed E-state index contributed by atoms with van der Waals surface area (Å²) in [4.78, 5) is 2.35. The molecule has 4 rings (SSSR count). The summed E-state index contributed by atoms with van der Waals surface area (Å²) in [5.74, 6) is 1.18. The van der Waals surface area contributed by atoms with Gasteiger partial charge in [0.2, 0.25) is 0 Å². The Hall–Kier alpha value is -2.08. The van der Waals surface area contributed by atoms with E-state index in [0.717, 1.165) is 55.9 Å². The van der Waals surface area contributed by atoms with Gasteiger partial charge in [0.25, 0.3) is 0 Å². The van der Waals surface area contributed by atoms with Gasteiger partial charge in [-0.2, -0.15) is 13.2 Å². The average molecular weight is 637 g/mol. The molecule has 0 amide bonds. The Morgan fingerprint density at radius 3 is 1.80 bits per heavy atom. The van der Waals surface area contributed by atoms with Gasteiger partial charge in [-0.1, -0.05) is 110 Å². The van der Waals surface area contributed by atoms with Gasteiger partial charge >= 0.3 is 6.18 Å². The van der Waals surface area contributed by atoms with Gasteiger partial charge in [0, 0.05) is 25.0 Å². The molecular weight excluding hydrogens is 595 g/mol. The van der Waals surface area contributed by atoms with Crippen molar-refractivity contribution in [3.63, 3.8) is 0 Å². The predicted octanol–water partition coefficient (Wildman–Crippen LogP) is 10.3. The van der Waals surface area contributed by atoms with Crippen molar-refractivity contribution in [1.29, 1.82) is 0 Å². The van der Waals surface area contributed by atoms with Crippen molar-refractivity contribution in [3.05, 3.63) is 112 Å². The van der Waals surface area contributed by atoms with Gasteiger partial charge in [-0.25, -0.2) is 0 Å². The van der Waals surface area contributed by atoms with Crippen LogP contribution in [0.4, 0.5) is 13.2 Å². The van der Waals surface area contributed by atoms with Crippen molar-refractivity contribution >= 4 is 33.9 Å². The van der Waals surface area contributed by atoms with Crippen molar-refractivity contribution in [2.45, 2.75) is 65.0 Å². The molecule has 1 nitrogen and oxygen atoms in total. The molecule has 1 aliphatic heterocycles. The van der Waals surface area contributed by atoms with E-state index in [1.807, 2.05) is 0 Å². The molecule has 0 aliphatic carbocycles. The fraction of sp³-hybridized carbons (Fsp3) is 0.412. The molecule has 3 aromatic carbocycles. The van der Waals surface area contributed by atoms with Gasteiger partial charge < -0.3 is 0 Å². The third kappa shape index (κ3) is 10.7. The zero-order valence-corrected chi connectivity index (χ0v) is 26.4. The largest absolute Gasteiger partial charge is 0.416 e. The maximum absolute atomic E-state index is 12.9. The fourth-order valence-corrected chi connectivity index (χ4v) is 5.06. The molecule has 3 aromatic rings. The third-order valence-corrected chi connectivity index (χ3v) is 7.64.